The molecule has 2 heterocycles. The summed E-state index contributed by atoms with van der Waals surface area (Å²) in [5.41, 5.74) is 2.21. The van der Waals surface area contributed by atoms with Crippen molar-refractivity contribution in [1.82, 2.24) is 19.9 Å². The Morgan fingerprint density at radius 1 is 1.16 bits per heavy atom. The molecule has 3 aromatic rings. The molecule has 10 nitrogen and oxygen atoms in total. The average molecular weight is 457 g/mol. The van der Waals surface area contributed by atoms with E-state index in [1.54, 1.807) is 37.1 Å². The van der Waals surface area contributed by atoms with Crippen LogP contribution in [0.5, 0.6) is 5.75 Å². The highest BCUT2D eigenvalue weighted by Crippen LogP contribution is 2.30. The number of benzene rings is 2. The Balaban J connectivity index is 1.52. The molecule has 0 bridgehead atoms. The summed E-state index contributed by atoms with van der Waals surface area (Å²) in [5.74, 6) is 0.422. The lowest BCUT2D eigenvalue weighted by molar-refractivity contribution is -0.384. The molecule has 2 aromatic carbocycles. The molecular formula is C21H21ClN6O4. The van der Waals surface area contributed by atoms with Crippen LogP contribution in [0.1, 0.15) is 16.2 Å². The third-order valence-corrected chi connectivity index (χ3v) is 5.72. The second-order valence-corrected chi connectivity index (χ2v) is 7.69. The molecule has 1 fully saturated rings. The van der Waals surface area contributed by atoms with Crippen LogP contribution in [-0.4, -0.2) is 64.0 Å². The number of carbonyl (C=O) groups excluding carboxylic acids is 1. The molecule has 1 amide bonds. The van der Waals surface area contributed by atoms with Crippen LogP contribution < -0.4 is 9.64 Å². The predicted octanol–water partition coefficient (Wildman–Crippen LogP) is 3.11. The highest BCUT2D eigenvalue weighted by Gasteiger charge is 2.28. The Kier molecular flexibility index (Phi) is 5.95. The van der Waals surface area contributed by atoms with Gasteiger partial charge in [0.05, 0.1) is 17.7 Å². The number of nitrogens with zero attached hydrogens (tertiary/aromatic N) is 6. The molecule has 0 spiro atoms. The Bertz CT molecular complexity index is 1170. The maximum absolute atomic E-state index is 13.4. The molecular weight excluding hydrogens is 436 g/mol. The maximum atomic E-state index is 13.4. The summed E-state index contributed by atoms with van der Waals surface area (Å²) in [6, 6.07) is 12.0. The van der Waals surface area contributed by atoms with Crippen LogP contribution in [-0.2, 0) is 0 Å². The number of methoxy groups -OCH3 is 1. The SMILES string of the molecule is COc1ccccc1-n1nnc(C)c1C(=O)N1CCN(c2ccc([N+](=O)[O-])c(Cl)c2)CC1. The minimum absolute atomic E-state index is 0.0911. The van der Waals surface area contributed by atoms with E-state index in [-0.39, 0.29) is 16.6 Å². The van der Waals surface area contributed by atoms with Crippen LogP contribution in [0, 0.1) is 17.0 Å². The molecule has 32 heavy (non-hydrogen) atoms. The zero-order valence-electron chi connectivity index (χ0n) is 17.6. The van der Waals surface area contributed by atoms with Gasteiger partial charge in [0.1, 0.15) is 16.5 Å². The number of anilines is 1. The standard InChI is InChI=1S/C21H21ClN6O4/c1-14-20(27(24-23-14)18-5-3-4-6-19(18)32-2)21(29)26-11-9-25(10-12-26)15-7-8-17(28(30)31)16(22)13-15/h3-8,13H,9-12H2,1-2H3. The van der Waals surface area contributed by atoms with Crippen LogP contribution in [0.2, 0.25) is 5.02 Å². The minimum Gasteiger partial charge on any atom is -0.494 e. The van der Waals surface area contributed by atoms with E-state index in [4.69, 9.17) is 16.3 Å². The number of nitro groups is 1. The first kappa shape index (κ1) is 21.6. The van der Waals surface area contributed by atoms with Crippen molar-refractivity contribution in [3.8, 4) is 11.4 Å². The van der Waals surface area contributed by atoms with Gasteiger partial charge < -0.3 is 14.5 Å². The Labute approximate surface area is 189 Å². The van der Waals surface area contributed by atoms with Gasteiger partial charge in [-0.05, 0) is 31.2 Å². The van der Waals surface area contributed by atoms with Crippen molar-refractivity contribution in [1.29, 1.82) is 0 Å². The zero-order valence-corrected chi connectivity index (χ0v) is 18.3. The van der Waals surface area contributed by atoms with Gasteiger partial charge in [0, 0.05) is 37.9 Å². The van der Waals surface area contributed by atoms with Gasteiger partial charge in [0.15, 0.2) is 5.69 Å². The van der Waals surface area contributed by atoms with E-state index in [1.807, 2.05) is 23.1 Å². The summed E-state index contributed by atoms with van der Waals surface area (Å²) >= 11 is 6.05. The molecule has 0 atom stereocenters. The highest BCUT2D eigenvalue weighted by atomic mass is 35.5. The van der Waals surface area contributed by atoms with Crippen molar-refractivity contribution in [3.63, 3.8) is 0 Å². The van der Waals surface area contributed by atoms with Crippen molar-refractivity contribution in [3.05, 3.63) is 69.0 Å². The first-order chi connectivity index (χ1) is 15.4. The number of para-hydroxylation sites is 2. The smallest absolute Gasteiger partial charge is 0.288 e. The van der Waals surface area contributed by atoms with Gasteiger partial charge in [-0.3, -0.25) is 14.9 Å². The van der Waals surface area contributed by atoms with E-state index in [0.29, 0.717) is 49.0 Å². The maximum Gasteiger partial charge on any atom is 0.288 e. The van der Waals surface area contributed by atoms with Gasteiger partial charge in [0.25, 0.3) is 11.6 Å². The number of amides is 1. The second-order valence-electron chi connectivity index (χ2n) is 7.28. The van der Waals surface area contributed by atoms with Crippen molar-refractivity contribution >= 4 is 28.9 Å². The van der Waals surface area contributed by atoms with Gasteiger partial charge in [-0.15, -0.1) is 5.10 Å². The van der Waals surface area contributed by atoms with Crippen LogP contribution in [0.25, 0.3) is 5.69 Å². The van der Waals surface area contributed by atoms with E-state index in [9.17, 15) is 14.9 Å². The predicted molar refractivity (Wildman–Crippen MR) is 119 cm³/mol. The number of ether oxygens (including phenoxy) is 1. The molecule has 1 saturated heterocycles. The molecule has 4 rings (SSSR count). The molecule has 0 aliphatic carbocycles. The Hall–Kier alpha value is -3.66. The largest absolute Gasteiger partial charge is 0.494 e. The van der Waals surface area contributed by atoms with Crippen LogP contribution >= 0.6 is 11.6 Å². The summed E-state index contributed by atoms with van der Waals surface area (Å²) in [5, 5.41) is 19.3. The number of aromatic nitrogens is 3. The Morgan fingerprint density at radius 2 is 1.88 bits per heavy atom. The fraction of sp³-hybridized carbons (Fsp3) is 0.286. The lowest BCUT2D eigenvalue weighted by Gasteiger charge is -2.36. The number of piperazine rings is 1. The van der Waals surface area contributed by atoms with Gasteiger partial charge in [-0.1, -0.05) is 28.9 Å². The van der Waals surface area contributed by atoms with Gasteiger partial charge >= 0.3 is 0 Å². The van der Waals surface area contributed by atoms with E-state index in [2.05, 4.69) is 10.3 Å². The molecule has 1 aliphatic rings. The van der Waals surface area contributed by atoms with E-state index >= 15 is 0 Å². The van der Waals surface area contributed by atoms with Crippen LogP contribution in [0.15, 0.2) is 42.5 Å². The molecule has 0 saturated carbocycles. The molecule has 0 radical (unpaired) electrons. The van der Waals surface area contributed by atoms with Crippen molar-refractivity contribution in [2.45, 2.75) is 6.92 Å². The number of rotatable bonds is 5. The minimum atomic E-state index is -0.510. The van der Waals surface area contributed by atoms with Gasteiger partial charge in [0.2, 0.25) is 0 Å². The number of hydrogen-bond acceptors (Lipinski definition) is 7. The summed E-state index contributed by atoms with van der Waals surface area (Å²) in [7, 11) is 1.56. The third-order valence-electron chi connectivity index (χ3n) is 5.41. The second kappa shape index (κ2) is 8.83. The number of aryl methyl sites for hydroxylation is 1. The zero-order chi connectivity index (χ0) is 22.8. The number of carbonyl (C=O) groups is 1. The van der Waals surface area contributed by atoms with Crippen molar-refractivity contribution in [2.24, 2.45) is 0 Å². The first-order valence-corrected chi connectivity index (χ1v) is 10.3. The van der Waals surface area contributed by atoms with E-state index < -0.39 is 4.92 Å². The normalized spacial score (nSPS) is 13.8. The fourth-order valence-corrected chi connectivity index (χ4v) is 3.98. The van der Waals surface area contributed by atoms with Gasteiger partial charge in [-0.25, -0.2) is 4.68 Å². The lowest BCUT2D eigenvalue weighted by Crippen LogP contribution is -2.49. The van der Waals surface area contributed by atoms with Crippen molar-refractivity contribution in [2.75, 3.05) is 38.2 Å². The summed E-state index contributed by atoms with van der Waals surface area (Å²) < 4.78 is 6.92. The summed E-state index contributed by atoms with van der Waals surface area (Å²) in [6.07, 6.45) is 0. The quantitative estimate of drug-likeness (QED) is 0.429. The molecule has 0 N–H and O–H groups in total. The molecule has 166 valence electrons. The lowest BCUT2D eigenvalue weighted by atomic mass is 10.2. The molecule has 1 aromatic heterocycles. The molecule has 1 aliphatic heterocycles. The van der Waals surface area contributed by atoms with E-state index in [1.165, 1.54) is 10.7 Å². The van der Waals surface area contributed by atoms with Gasteiger partial charge in [-0.2, -0.15) is 0 Å². The first-order valence-electron chi connectivity index (χ1n) is 9.94. The van der Waals surface area contributed by atoms with E-state index in [0.717, 1.165) is 5.69 Å². The monoisotopic (exact) mass is 456 g/mol. The topological polar surface area (TPSA) is 107 Å². The van der Waals surface area contributed by atoms with Crippen LogP contribution in [0.4, 0.5) is 11.4 Å². The number of hydrogen-bond donors (Lipinski definition) is 0. The van der Waals surface area contributed by atoms with Crippen LogP contribution in [0.3, 0.4) is 0 Å². The summed E-state index contributed by atoms with van der Waals surface area (Å²) in [6.45, 7) is 3.83. The summed E-state index contributed by atoms with van der Waals surface area (Å²) in [4.78, 5) is 27.6. The van der Waals surface area contributed by atoms with Crippen molar-refractivity contribution < 1.29 is 14.5 Å². The fourth-order valence-electron chi connectivity index (χ4n) is 3.73. The number of halogens is 1. The highest BCUT2D eigenvalue weighted by molar-refractivity contribution is 6.32. The average Bonchev–Trinajstić information content (AvgIpc) is 3.19. The Morgan fingerprint density at radius 3 is 2.53 bits per heavy atom. The molecule has 0 unspecified atom stereocenters. The number of nitro benzene ring substituents is 1. The molecule has 11 heteroatoms. The third kappa shape index (κ3) is 3.96.